The van der Waals surface area contributed by atoms with E-state index in [1.54, 1.807) is 28.4 Å². The molecule has 0 spiro atoms. The Hall–Kier alpha value is -2.12. The van der Waals surface area contributed by atoms with E-state index in [0.29, 0.717) is 23.1 Å². The van der Waals surface area contributed by atoms with Gasteiger partial charge in [-0.2, -0.15) is 0 Å². The van der Waals surface area contributed by atoms with Crippen molar-refractivity contribution in [3.05, 3.63) is 52.5 Å². The molecule has 0 unspecified atom stereocenters. The maximum absolute atomic E-state index is 13.0. The van der Waals surface area contributed by atoms with Gasteiger partial charge >= 0.3 is 0 Å². The van der Waals surface area contributed by atoms with Crippen LogP contribution in [0, 0.1) is 5.82 Å². The number of benzene rings is 1. The molecule has 0 saturated heterocycles. The zero-order valence-corrected chi connectivity index (χ0v) is 14.7. The van der Waals surface area contributed by atoms with E-state index in [-0.39, 0.29) is 11.7 Å². The Morgan fingerprint density at radius 2 is 2.00 bits per heavy atom. The van der Waals surface area contributed by atoms with E-state index in [9.17, 15) is 9.18 Å². The number of halogens is 1. The number of rotatable bonds is 6. The molecule has 1 aromatic carbocycles. The summed E-state index contributed by atoms with van der Waals surface area (Å²) in [7, 11) is 0. The van der Waals surface area contributed by atoms with Gasteiger partial charge in [-0.05, 0) is 42.1 Å². The SMILES string of the molecule is CCCN(C(=O)Cc1cccs1)c1nnc(-c2ccc(F)cc2)s1. The summed E-state index contributed by atoms with van der Waals surface area (Å²) in [6.45, 7) is 2.62. The summed E-state index contributed by atoms with van der Waals surface area (Å²) in [6, 6.07) is 10.0. The highest BCUT2D eigenvalue weighted by Crippen LogP contribution is 2.29. The van der Waals surface area contributed by atoms with Crippen LogP contribution in [0.25, 0.3) is 10.6 Å². The smallest absolute Gasteiger partial charge is 0.234 e. The number of hydrogen-bond donors (Lipinski definition) is 0. The monoisotopic (exact) mass is 361 g/mol. The number of carbonyl (C=O) groups is 1. The average molecular weight is 361 g/mol. The van der Waals surface area contributed by atoms with Crippen molar-refractivity contribution in [3.63, 3.8) is 0 Å². The molecule has 0 fully saturated rings. The molecular weight excluding hydrogens is 345 g/mol. The van der Waals surface area contributed by atoms with Crippen molar-refractivity contribution >= 4 is 33.7 Å². The van der Waals surface area contributed by atoms with Crippen molar-refractivity contribution in [1.29, 1.82) is 0 Å². The van der Waals surface area contributed by atoms with Crippen LogP contribution in [0.3, 0.4) is 0 Å². The summed E-state index contributed by atoms with van der Waals surface area (Å²) in [5.41, 5.74) is 0.794. The molecule has 0 radical (unpaired) electrons. The minimum atomic E-state index is -0.290. The molecule has 1 amide bonds. The average Bonchev–Trinajstić information content (AvgIpc) is 3.25. The lowest BCUT2D eigenvalue weighted by atomic mass is 10.2. The van der Waals surface area contributed by atoms with Crippen molar-refractivity contribution in [1.82, 2.24) is 10.2 Å². The fraction of sp³-hybridized carbons (Fsp3) is 0.235. The lowest BCUT2D eigenvalue weighted by Crippen LogP contribution is -2.32. The van der Waals surface area contributed by atoms with Gasteiger partial charge < -0.3 is 0 Å². The van der Waals surface area contributed by atoms with Gasteiger partial charge in [-0.25, -0.2) is 4.39 Å². The van der Waals surface area contributed by atoms with Gasteiger partial charge in [-0.15, -0.1) is 21.5 Å². The van der Waals surface area contributed by atoms with Gasteiger partial charge in [0, 0.05) is 17.0 Å². The van der Waals surface area contributed by atoms with E-state index in [2.05, 4.69) is 10.2 Å². The highest BCUT2D eigenvalue weighted by atomic mass is 32.1. The van der Waals surface area contributed by atoms with Crippen molar-refractivity contribution in [2.75, 3.05) is 11.4 Å². The molecule has 0 saturated carbocycles. The molecule has 0 N–H and O–H groups in total. The first-order valence-electron chi connectivity index (χ1n) is 7.59. The van der Waals surface area contributed by atoms with E-state index >= 15 is 0 Å². The zero-order chi connectivity index (χ0) is 16.9. The highest BCUT2D eigenvalue weighted by molar-refractivity contribution is 7.18. The van der Waals surface area contributed by atoms with Gasteiger partial charge in [0.2, 0.25) is 11.0 Å². The van der Waals surface area contributed by atoms with Gasteiger partial charge in [0.05, 0.1) is 6.42 Å². The molecule has 0 aliphatic heterocycles. The molecule has 0 atom stereocenters. The first-order chi connectivity index (χ1) is 11.7. The van der Waals surface area contributed by atoms with Crippen molar-refractivity contribution < 1.29 is 9.18 Å². The fourth-order valence-electron chi connectivity index (χ4n) is 2.24. The van der Waals surface area contributed by atoms with Gasteiger partial charge in [-0.1, -0.05) is 24.3 Å². The Bertz CT molecular complexity index is 800. The molecule has 7 heteroatoms. The molecule has 0 bridgehead atoms. The molecule has 0 aliphatic rings. The predicted octanol–water partition coefficient (Wildman–Crippen LogP) is 4.39. The first-order valence-corrected chi connectivity index (χ1v) is 9.29. The molecule has 4 nitrogen and oxygen atoms in total. The van der Waals surface area contributed by atoms with E-state index in [0.717, 1.165) is 16.9 Å². The van der Waals surface area contributed by atoms with Crippen LogP contribution in [0.4, 0.5) is 9.52 Å². The third-order valence-corrected chi connectivity index (χ3v) is 5.26. The fourth-order valence-corrected chi connectivity index (χ4v) is 3.83. The first kappa shape index (κ1) is 16.7. The normalized spacial score (nSPS) is 10.8. The van der Waals surface area contributed by atoms with E-state index < -0.39 is 0 Å². The van der Waals surface area contributed by atoms with E-state index in [1.165, 1.54) is 23.5 Å². The number of carbonyl (C=O) groups excluding carboxylic acids is 1. The number of anilines is 1. The van der Waals surface area contributed by atoms with Gasteiger partial charge in [-0.3, -0.25) is 9.69 Å². The predicted molar refractivity (Wildman–Crippen MR) is 96.0 cm³/mol. The second-order valence-electron chi connectivity index (χ2n) is 5.20. The van der Waals surface area contributed by atoms with E-state index in [4.69, 9.17) is 0 Å². The van der Waals surface area contributed by atoms with Crippen LogP contribution in [0.2, 0.25) is 0 Å². The lowest BCUT2D eigenvalue weighted by molar-refractivity contribution is -0.117. The number of aromatic nitrogens is 2. The van der Waals surface area contributed by atoms with Crippen LogP contribution >= 0.6 is 22.7 Å². The summed E-state index contributed by atoms with van der Waals surface area (Å²) < 4.78 is 13.0. The standard InChI is InChI=1S/C17H16FN3OS2/c1-2-9-21(15(22)11-14-4-3-10-23-14)17-20-19-16(24-17)12-5-7-13(18)8-6-12/h3-8,10H,2,9,11H2,1H3. The second kappa shape index (κ2) is 7.63. The van der Waals surface area contributed by atoms with Crippen molar-refractivity contribution in [3.8, 4) is 10.6 Å². The number of nitrogens with zero attached hydrogens (tertiary/aromatic N) is 3. The van der Waals surface area contributed by atoms with Crippen LogP contribution in [0.5, 0.6) is 0 Å². The van der Waals surface area contributed by atoms with Crippen LogP contribution in [0.15, 0.2) is 41.8 Å². The molecule has 0 aliphatic carbocycles. The Morgan fingerprint density at radius 3 is 2.67 bits per heavy atom. The Kier molecular flexibility index (Phi) is 5.32. The second-order valence-corrected chi connectivity index (χ2v) is 7.19. The van der Waals surface area contributed by atoms with Crippen molar-refractivity contribution in [2.24, 2.45) is 0 Å². The van der Waals surface area contributed by atoms with Crippen LogP contribution in [0.1, 0.15) is 18.2 Å². The number of thiophene rings is 1. The van der Waals surface area contributed by atoms with Gasteiger partial charge in [0.25, 0.3) is 0 Å². The largest absolute Gasteiger partial charge is 0.286 e. The maximum atomic E-state index is 13.0. The van der Waals surface area contributed by atoms with Crippen LogP contribution < -0.4 is 4.90 Å². The lowest BCUT2D eigenvalue weighted by Gasteiger charge is -2.18. The summed E-state index contributed by atoms with van der Waals surface area (Å²) in [5.74, 6) is -0.275. The minimum absolute atomic E-state index is 0.0149. The van der Waals surface area contributed by atoms with Crippen LogP contribution in [-0.2, 0) is 11.2 Å². The quantitative estimate of drug-likeness (QED) is 0.654. The Morgan fingerprint density at radius 1 is 1.21 bits per heavy atom. The molecule has 124 valence electrons. The molecule has 24 heavy (non-hydrogen) atoms. The summed E-state index contributed by atoms with van der Waals surface area (Å²) in [6.07, 6.45) is 1.20. The summed E-state index contributed by atoms with van der Waals surface area (Å²) in [5, 5.41) is 11.5. The number of hydrogen-bond acceptors (Lipinski definition) is 5. The van der Waals surface area contributed by atoms with Gasteiger partial charge in [0.15, 0.2) is 0 Å². The summed E-state index contributed by atoms with van der Waals surface area (Å²) >= 11 is 2.91. The molecule has 3 rings (SSSR count). The molecule has 3 aromatic rings. The zero-order valence-electron chi connectivity index (χ0n) is 13.1. The minimum Gasteiger partial charge on any atom is -0.286 e. The Balaban J connectivity index is 1.81. The topological polar surface area (TPSA) is 46.1 Å². The maximum Gasteiger partial charge on any atom is 0.234 e. The summed E-state index contributed by atoms with van der Waals surface area (Å²) in [4.78, 5) is 15.3. The molecule has 2 aromatic heterocycles. The third kappa shape index (κ3) is 3.85. The third-order valence-electron chi connectivity index (χ3n) is 3.39. The van der Waals surface area contributed by atoms with Crippen LogP contribution in [-0.4, -0.2) is 22.6 Å². The van der Waals surface area contributed by atoms with Crippen molar-refractivity contribution in [2.45, 2.75) is 19.8 Å². The highest BCUT2D eigenvalue weighted by Gasteiger charge is 2.20. The number of amides is 1. The van der Waals surface area contributed by atoms with E-state index in [1.807, 2.05) is 24.4 Å². The molecule has 2 heterocycles. The molecular formula is C17H16FN3OS2. The Labute approximate surface area is 147 Å². The van der Waals surface area contributed by atoms with Gasteiger partial charge in [0.1, 0.15) is 10.8 Å².